The fourth-order valence-corrected chi connectivity index (χ4v) is 3.98. The summed E-state index contributed by atoms with van der Waals surface area (Å²) in [6, 6.07) is 10.1. The van der Waals surface area contributed by atoms with Gasteiger partial charge in [-0.15, -0.1) is 0 Å². The van der Waals surface area contributed by atoms with Gasteiger partial charge in [-0.1, -0.05) is 0 Å². The average Bonchev–Trinajstić information content (AvgIpc) is 3.29. The van der Waals surface area contributed by atoms with Crippen LogP contribution >= 0.6 is 27.0 Å². The first-order chi connectivity index (χ1) is 15.3. The van der Waals surface area contributed by atoms with Gasteiger partial charge in [-0.25, -0.2) is 9.97 Å². The summed E-state index contributed by atoms with van der Waals surface area (Å²) in [5.74, 6) is -0.127. The van der Waals surface area contributed by atoms with Crippen LogP contribution in [0.25, 0.3) is 5.69 Å². The molecule has 0 aliphatic heterocycles. The van der Waals surface area contributed by atoms with Crippen LogP contribution in [-0.4, -0.2) is 32.5 Å². The summed E-state index contributed by atoms with van der Waals surface area (Å²) in [4.78, 5) is 20.2. The Morgan fingerprint density at radius 2 is 1.68 bits per heavy atom. The highest BCUT2D eigenvalue weighted by atomic mass is 32.1. The number of aromatic nitrogens is 3. The number of carbonyl (C=O) groups excluding carboxylic acids is 1. The third kappa shape index (κ3) is 6.92. The molecule has 2 heterocycles. The lowest BCUT2D eigenvalue weighted by atomic mass is 9.90. The number of aryl methyl sites for hydroxylation is 1. The number of anilines is 1. The van der Waals surface area contributed by atoms with Gasteiger partial charge in [0.1, 0.15) is 5.69 Å². The van der Waals surface area contributed by atoms with Crippen molar-refractivity contribution < 1.29 is 18.0 Å². The Hall–Kier alpha value is -2.66. The van der Waals surface area contributed by atoms with E-state index in [9.17, 15) is 18.0 Å². The first kappa shape index (κ1) is 27.6. The van der Waals surface area contributed by atoms with E-state index in [1.165, 1.54) is 0 Å². The number of hydrogen-bond acceptors (Lipinski definition) is 4. The van der Waals surface area contributed by atoms with Gasteiger partial charge >= 0.3 is 6.18 Å². The second-order valence-corrected chi connectivity index (χ2v) is 8.06. The van der Waals surface area contributed by atoms with Crippen molar-refractivity contribution in [3.63, 3.8) is 0 Å². The van der Waals surface area contributed by atoms with Crippen molar-refractivity contribution in [3.8, 4) is 5.69 Å². The molecule has 11 heteroatoms. The summed E-state index contributed by atoms with van der Waals surface area (Å²) in [7, 11) is 0. The summed E-state index contributed by atoms with van der Waals surface area (Å²) in [6.45, 7) is 1.55. The van der Waals surface area contributed by atoms with Crippen LogP contribution in [-0.2, 0) is 6.18 Å². The Labute approximate surface area is 210 Å². The molecule has 184 valence electrons. The van der Waals surface area contributed by atoms with Crippen molar-refractivity contribution in [2.45, 2.75) is 50.9 Å². The van der Waals surface area contributed by atoms with Gasteiger partial charge in [-0.2, -0.15) is 40.2 Å². The van der Waals surface area contributed by atoms with E-state index >= 15 is 0 Å². The number of carbonyl (C=O) groups is 1. The quantitative estimate of drug-likeness (QED) is 0.507. The van der Waals surface area contributed by atoms with Crippen LogP contribution in [0.2, 0.25) is 0 Å². The molecule has 1 amide bonds. The number of alkyl halides is 3. The monoisotopic (exact) mass is 511 g/mol. The van der Waals surface area contributed by atoms with Crippen molar-refractivity contribution in [1.29, 1.82) is 0 Å². The van der Waals surface area contributed by atoms with Crippen molar-refractivity contribution >= 4 is 38.6 Å². The zero-order valence-electron chi connectivity index (χ0n) is 18.6. The third-order valence-corrected chi connectivity index (χ3v) is 5.61. The first-order valence-electron chi connectivity index (χ1n) is 10.5. The summed E-state index contributed by atoms with van der Waals surface area (Å²) in [6.07, 6.45) is 3.77. The maximum absolute atomic E-state index is 13.0. The van der Waals surface area contributed by atoms with E-state index in [1.54, 1.807) is 37.6 Å². The highest BCUT2D eigenvalue weighted by molar-refractivity contribution is 7.59. The van der Waals surface area contributed by atoms with Gasteiger partial charge < -0.3 is 15.2 Å². The molecule has 0 saturated heterocycles. The molecule has 1 fully saturated rings. The van der Waals surface area contributed by atoms with E-state index in [4.69, 9.17) is 0 Å². The average molecular weight is 512 g/mol. The van der Waals surface area contributed by atoms with Gasteiger partial charge in [0.2, 0.25) is 0 Å². The zero-order valence-corrected chi connectivity index (χ0v) is 20.6. The molecule has 0 unspecified atom stereocenters. The number of nitrogens with zero attached hydrogens (tertiary/aromatic N) is 3. The summed E-state index contributed by atoms with van der Waals surface area (Å²) in [5, 5.41) is 6.27. The van der Waals surface area contributed by atoms with Gasteiger partial charge in [0.05, 0.1) is 6.33 Å². The van der Waals surface area contributed by atoms with Crippen LogP contribution in [0.15, 0.2) is 55.1 Å². The Morgan fingerprint density at radius 1 is 1.03 bits per heavy atom. The lowest BCUT2D eigenvalue weighted by Crippen LogP contribution is -2.40. The maximum Gasteiger partial charge on any atom is 0.433 e. The Balaban J connectivity index is 0.00000204. The number of halogens is 3. The number of amides is 1. The van der Waals surface area contributed by atoms with Crippen molar-refractivity contribution in [1.82, 2.24) is 19.9 Å². The van der Waals surface area contributed by atoms with Crippen molar-refractivity contribution in [2.24, 2.45) is 0 Å². The topological polar surface area (TPSA) is 71.8 Å². The fourth-order valence-electron chi connectivity index (χ4n) is 3.98. The molecule has 6 nitrogen and oxygen atoms in total. The second kappa shape index (κ2) is 11.7. The van der Waals surface area contributed by atoms with Crippen molar-refractivity contribution in [3.05, 3.63) is 72.1 Å². The highest BCUT2D eigenvalue weighted by Gasteiger charge is 2.33. The minimum absolute atomic E-state index is 0. The second-order valence-electron chi connectivity index (χ2n) is 8.06. The zero-order chi connectivity index (χ0) is 22.7. The molecule has 1 aliphatic rings. The molecule has 1 aliphatic carbocycles. The molecule has 0 radical (unpaired) electrons. The van der Waals surface area contributed by atoms with Crippen LogP contribution in [0.1, 0.15) is 47.4 Å². The standard InChI is InChI=1S/C23H24F3N5O.2H2S/c1-15-12-19(13-21(28-15)23(24,25)26)29-17-4-6-18(7-5-17)30-22(32)16-2-8-20(9-3-16)31-11-10-27-14-31;;/h2-3,8-14,17-18H,4-7H2,1H3,(H,28,29)(H,30,32);2*1H2. The lowest BCUT2D eigenvalue weighted by molar-refractivity contribution is -0.141. The minimum Gasteiger partial charge on any atom is -0.382 e. The predicted molar refractivity (Wildman–Crippen MR) is 135 cm³/mol. The van der Waals surface area contributed by atoms with Crippen LogP contribution < -0.4 is 10.6 Å². The first-order valence-corrected chi connectivity index (χ1v) is 10.5. The van der Waals surface area contributed by atoms with Crippen LogP contribution in [0.5, 0.6) is 0 Å². The molecule has 2 N–H and O–H groups in total. The molecule has 0 bridgehead atoms. The number of hydrogen-bond donors (Lipinski definition) is 2. The Kier molecular flexibility index (Phi) is 9.45. The van der Waals surface area contributed by atoms with Crippen LogP contribution in [0.4, 0.5) is 18.9 Å². The predicted octanol–water partition coefficient (Wildman–Crippen LogP) is 4.97. The number of nitrogens with one attached hydrogen (secondary N) is 2. The smallest absolute Gasteiger partial charge is 0.382 e. The van der Waals surface area contributed by atoms with E-state index in [1.807, 2.05) is 22.9 Å². The SMILES string of the molecule is Cc1cc(NC2CCC(NC(=O)c3ccc(-n4ccnc4)cc3)CC2)cc(C(F)(F)F)n1.S.S. The van der Waals surface area contributed by atoms with E-state index in [0.717, 1.165) is 37.4 Å². The largest absolute Gasteiger partial charge is 0.433 e. The number of pyridine rings is 1. The van der Waals surface area contributed by atoms with Gasteiger partial charge in [0.25, 0.3) is 5.91 Å². The highest BCUT2D eigenvalue weighted by Crippen LogP contribution is 2.31. The van der Waals surface area contributed by atoms with E-state index < -0.39 is 11.9 Å². The van der Waals surface area contributed by atoms with Crippen LogP contribution in [0.3, 0.4) is 0 Å². The molecule has 1 aromatic carbocycles. The summed E-state index contributed by atoms with van der Waals surface area (Å²) in [5.41, 5.74) is 1.37. The molecule has 1 saturated carbocycles. The fraction of sp³-hybridized carbons (Fsp3) is 0.348. The summed E-state index contributed by atoms with van der Waals surface area (Å²) >= 11 is 0. The Bertz CT molecular complexity index is 1070. The summed E-state index contributed by atoms with van der Waals surface area (Å²) < 4.78 is 40.9. The van der Waals surface area contributed by atoms with Crippen molar-refractivity contribution in [2.75, 3.05) is 5.32 Å². The minimum atomic E-state index is -4.47. The van der Waals surface area contributed by atoms with Gasteiger partial charge in [-0.05, 0) is 69.0 Å². The maximum atomic E-state index is 13.0. The number of imidazole rings is 1. The van der Waals surface area contributed by atoms with Crippen LogP contribution in [0, 0.1) is 6.92 Å². The van der Waals surface area contributed by atoms with Gasteiger partial charge in [-0.3, -0.25) is 4.79 Å². The van der Waals surface area contributed by atoms with E-state index in [-0.39, 0.29) is 45.0 Å². The number of benzene rings is 1. The van der Waals surface area contributed by atoms with E-state index in [2.05, 4.69) is 20.6 Å². The third-order valence-electron chi connectivity index (χ3n) is 5.61. The van der Waals surface area contributed by atoms with Gasteiger partial charge in [0, 0.05) is 47.1 Å². The molecule has 2 aromatic heterocycles. The molecule has 34 heavy (non-hydrogen) atoms. The lowest BCUT2D eigenvalue weighted by Gasteiger charge is -2.30. The molecule has 0 spiro atoms. The van der Waals surface area contributed by atoms with E-state index in [0.29, 0.717) is 16.9 Å². The molecular weight excluding hydrogens is 483 g/mol. The molecular formula is C23H28F3N5OS2. The molecule has 0 atom stereocenters. The van der Waals surface area contributed by atoms with Gasteiger partial charge in [0.15, 0.2) is 0 Å². The number of rotatable bonds is 5. The normalized spacial score (nSPS) is 17.8. The Morgan fingerprint density at radius 3 is 2.26 bits per heavy atom. The molecule has 3 aromatic rings. The molecule has 4 rings (SSSR count).